The standard InChI is InChI=1S/C15H30N2/c1-14(2)9-10-15(11-14,12-16)17(3)13-7-5-4-6-8-13/h13H,4-12,16H2,1-3H3. The Morgan fingerprint density at radius 3 is 2.24 bits per heavy atom. The molecular formula is C15H30N2. The highest BCUT2D eigenvalue weighted by Gasteiger charge is 2.46. The highest BCUT2D eigenvalue weighted by molar-refractivity contribution is 5.03. The Morgan fingerprint density at radius 2 is 1.76 bits per heavy atom. The molecule has 100 valence electrons. The molecule has 1 unspecified atom stereocenters. The van der Waals surface area contributed by atoms with Gasteiger partial charge in [-0.05, 0) is 44.6 Å². The molecule has 0 amide bonds. The van der Waals surface area contributed by atoms with E-state index in [9.17, 15) is 0 Å². The number of hydrogen-bond acceptors (Lipinski definition) is 2. The molecule has 0 bridgehead atoms. The topological polar surface area (TPSA) is 29.3 Å². The molecule has 2 fully saturated rings. The predicted molar refractivity (Wildman–Crippen MR) is 74.1 cm³/mol. The van der Waals surface area contributed by atoms with E-state index in [4.69, 9.17) is 5.73 Å². The normalized spacial score (nSPS) is 34.4. The third kappa shape index (κ3) is 2.68. The lowest BCUT2D eigenvalue weighted by molar-refractivity contribution is 0.0541. The second-order valence-corrected chi connectivity index (χ2v) is 7.17. The lowest BCUT2D eigenvalue weighted by Crippen LogP contribution is -2.55. The quantitative estimate of drug-likeness (QED) is 0.818. The minimum atomic E-state index is 0.297. The van der Waals surface area contributed by atoms with Crippen LogP contribution >= 0.6 is 0 Å². The van der Waals surface area contributed by atoms with Gasteiger partial charge in [0, 0.05) is 18.1 Å². The summed E-state index contributed by atoms with van der Waals surface area (Å²) in [6.45, 7) is 5.64. The van der Waals surface area contributed by atoms with E-state index in [1.807, 2.05) is 0 Å². The maximum Gasteiger partial charge on any atom is 0.0336 e. The van der Waals surface area contributed by atoms with Crippen molar-refractivity contribution >= 4 is 0 Å². The second kappa shape index (κ2) is 4.89. The van der Waals surface area contributed by atoms with E-state index in [2.05, 4.69) is 25.8 Å². The summed E-state index contributed by atoms with van der Waals surface area (Å²) < 4.78 is 0. The molecule has 0 radical (unpaired) electrons. The average molecular weight is 238 g/mol. The first-order valence-corrected chi connectivity index (χ1v) is 7.42. The van der Waals surface area contributed by atoms with Gasteiger partial charge in [0.05, 0.1) is 0 Å². The van der Waals surface area contributed by atoms with Crippen molar-refractivity contribution < 1.29 is 0 Å². The summed E-state index contributed by atoms with van der Waals surface area (Å²) in [5.41, 5.74) is 6.94. The highest BCUT2D eigenvalue weighted by Crippen LogP contribution is 2.47. The van der Waals surface area contributed by atoms with Crippen LogP contribution < -0.4 is 5.73 Å². The smallest absolute Gasteiger partial charge is 0.0336 e. The van der Waals surface area contributed by atoms with Crippen molar-refractivity contribution in [3.05, 3.63) is 0 Å². The van der Waals surface area contributed by atoms with E-state index in [1.54, 1.807) is 0 Å². The van der Waals surface area contributed by atoms with Crippen LogP contribution in [0.5, 0.6) is 0 Å². The van der Waals surface area contributed by atoms with E-state index >= 15 is 0 Å². The van der Waals surface area contributed by atoms with Gasteiger partial charge in [0.1, 0.15) is 0 Å². The molecule has 17 heavy (non-hydrogen) atoms. The van der Waals surface area contributed by atoms with Gasteiger partial charge in [-0.25, -0.2) is 0 Å². The molecule has 2 aliphatic rings. The van der Waals surface area contributed by atoms with Crippen LogP contribution in [0, 0.1) is 5.41 Å². The largest absolute Gasteiger partial charge is 0.329 e. The zero-order chi connectivity index (χ0) is 12.5. The van der Waals surface area contributed by atoms with E-state index in [0.717, 1.165) is 12.6 Å². The number of likely N-dealkylation sites (N-methyl/N-ethyl adjacent to an activating group) is 1. The minimum Gasteiger partial charge on any atom is -0.329 e. The van der Waals surface area contributed by atoms with Crippen LogP contribution in [0.3, 0.4) is 0 Å². The third-order valence-corrected chi connectivity index (χ3v) is 5.33. The third-order valence-electron chi connectivity index (χ3n) is 5.33. The van der Waals surface area contributed by atoms with Crippen molar-refractivity contribution in [3.63, 3.8) is 0 Å². The van der Waals surface area contributed by atoms with Crippen LogP contribution in [0.1, 0.15) is 65.2 Å². The zero-order valence-electron chi connectivity index (χ0n) is 12.0. The molecule has 2 rings (SSSR count). The van der Waals surface area contributed by atoms with Crippen LogP contribution in [-0.4, -0.2) is 30.1 Å². The molecule has 2 aliphatic carbocycles. The van der Waals surface area contributed by atoms with Gasteiger partial charge < -0.3 is 5.73 Å². The van der Waals surface area contributed by atoms with Gasteiger partial charge in [-0.3, -0.25) is 4.90 Å². The molecule has 0 aromatic carbocycles. The Kier molecular flexibility index (Phi) is 3.84. The van der Waals surface area contributed by atoms with E-state index in [-0.39, 0.29) is 0 Å². The Hall–Kier alpha value is -0.0800. The Morgan fingerprint density at radius 1 is 1.12 bits per heavy atom. The Labute approximate surface area is 107 Å². The molecule has 2 heteroatoms. The SMILES string of the molecule is CN(C1CCCCC1)C1(CN)CCC(C)(C)C1. The van der Waals surface area contributed by atoms with Crippen molar-refractivity contribution in [3.8, 4) is 0 Å². The number of hydrogen-bond donors (Lipinski definition) is 1. The van der Waals surface area contributed by atoms with Crippen LogP contribution in [0.2, 0.25) is 0 Å². The fourth-order valence-corrected chi connectivity index (χ4v) is 4.11. The van der Waals surface area contributed by atoms with Gasteiger partial charge in [-0.1, -0.05) is 33.1 Å². The van der Waals surface area contributed by atoms with Crippen molar-refractivity contribution in [2.75, 3.05) is 13.6 Å². The monoisotopic (exact) mass is 238 g/mol. The van der Waals surface area contributed by atoms with Gasteiger partial charge in [0.25, 0.3) is 0 Å². The molecule has 0 aromatic heterocycles. The lowest BCUT2D eigenvalue weighted by Gasteiger charge is -2.45. The van der Waals surface area contributed by atoms with Crippen molar-refractivity contribution in [1.82, 2.24) is 4.90 Å². The van der Waals surface area contributed by atoms with Crippen LogP contribution in [0.4, 0.5) is 0 Å². The lowest BCUT2D eigenvalue weighted by atomic mass is 9.84. The molecule has 0 spiro atoms. The fraction of sp³-hybridized carbons (Fsp3) is 1.00. The van der Waals surface area contributed by atoms with Crippen molar-refractivity contribution in [2.24, 2.45) is 11.1 Å². The molecule has 2 N–H and O–H groups in total. The summed E-state index contributed by atoms with van der Waals surface area (Å²) >= 11 is 0. The van der Waals surface area contributed by atoms with Gasteiger partial charge in [0.2, 0.25) is 0 Å². The minimum absolute atomic E-state index is 0.297. The van der Waals surface area contributed by atoms with Crippen LogP contribution in [0.25, 0.3) is 0 Å². The van der Waals surface area contributed by atoms with Crippen LogP contribution in [0.15, 0.2) is 0 Å². The Bertz CT molecular complexity index is 256. The summed E-state index contributed by atoms with van der Waals surface area (Å²) in [7, 11) is 2.34. The second-order valence-electron chi connectivity index (χ2n) is 7.17. The molecule has 0 aromatic rings. The fourth-order valence-electron chi connectivity index (χ4n) is 4.11. The average Bonchev–Trinajstić information content (AvgIpc) is 2.66. The van der Waals surface area contributed by atoms with Gasteiger partial charge in [0.15, 0.2) is 0 Å². The molecular weight excluding hydrogens is 208 g/mol. The zero-order valence-corrected chi connectivity index (χ0v) is 12.0. The molecule has 1 atom stereocenters. The summed E-state index contributed by atoms with van der Waals surface area (Å²) in [6.07, 6.45) is 11.0. The first kappa shape index (κ1) is 13.4. The number of rotatable bonds is 3. The predicted octanol–water partition coefficient (Wildman–Crippen LogP) is 3.16. The Balaban J connectivity index is 2.07. The molecule has 0 aliphatic heterocycles. The molecule has 2 nitrogen and oxygen atoms in total. The van der Waals surface area contributed by atoms with Crippen LogP contribution in [-0.2, 0) is 0 Å². The highest BCUT2D eigenvalue weighted by atomic mass is 15.2. The maximum atomic E-state index is 6.16. The molecule has 0 heterocycles. The van der Waals surface area contributed by atoms with E-state index < -0.39 is 0 Å². The molecule has 2 saturated carbocycles. The first-order chi connectivity index (χ1) is 7.99. The summed E-state index contributed by atoms with van der Waals surface area (Å²) in [6, 6.07) is 0.793. The van der Waals surface area contributed by atoms with E-state index in [1.165, 1.54) is 51.4 Å². The summed E-state index contributed by atoms with van der Waals surface area (Å²) in [5, 5.41) is 0. The number of nitrogens with zero attached hydrogens (tertiary/aromatic N) is 1. The van der Waals surface area contributed by atoms with Gasteiger partial charge in [-0.2, -0.15) is 0 Å². The molecule has 0 saturated heterocycles. The van der Waals surface area contributed by atoms with Crippen molar-refractivity contribution in [2.45, 2.75) is 76.8 Å². The summed E-state index contributed by atoms with van der Waals surface area (Å²) in [5.74, 6) is 0. The summed E-state index contributed by atoms with van der Waals surface area (Å²) in [4.78, 5) is 2.67. The number of nitrogens with two attached hydrogens (primary N) is 1. The van der Waals surface area contributed by atoms with Gasteiger partial charge >= 0.3 is 0 Å². The van der Waals surface area contributed by atoms with Gasteiger partial charge in [-0.15, -0.1) is 0 Å². The maximum absolute atomic E-state index is 6.16. The van der Waals surface area contributed by atoms with Crippen molar-refractivity contribution in [1.29, 1.82) is 0 Å². The first-order valence-electron chi connectivity index (χ1n) is 7.42. The van der Waals surface area contributed by atoms with E-state index in [0.29, 0.717) is 11.0 Å².